The van der Waals surface area contributed by atoms with Crippen molar-refractivity contribution in [3.05, 3.63) is 30.3 Å². The van der Waals surface area contributed by atoms with Gasteiger partial charge in [-0.3, -0.25) is 0 Å². The first-order valence-electron chi connectivity index (χ1n) is 7.41. The smallest absolute Gasteiger partial charge is 0.119 e. The van der Waals surface area contributed by atoms with Crippen molar-refractivity contribution in [3.63, 3.8) is 0 Å². The van der Waals surface area contributed by atoms with Crippen LogP contribution in [0.15, 0.2) is 30.3 Å². The van der Waals surface area contributed by atoms with Gasteiger partial charge in [0.25, 0.3) is 0 Å². The third-order valence-electron chi connectivity index (χ3n) is 5.25. The Morgan fingerprint density at radius 2 is 2.00 bits per heavy atom. The van der Waals surface area contributed by atoms with Crippen LogP contribution in [0, 0.1) is 11.3 Å². The monoisotopic (exact) mass is 260 g/mol. The molecule has 2 saturated carbocycles. The molecule has 0 aliphatic heterocycles. The molecule has 0 heterocycles. The van der Waals surface area contributed by atoms with Crippen molar-refractivity contribution in [2.45, 2.75) is 44.2 Å². The Kier molecular flexibility index (Phi) is 3.50. The number of fused-ring (bicyclic) bond motifs is 2. The number of ether oxygens (including phenoxy) is 1. The molecular formula is C16H24N2O. The molecule has 1 aromatic rings. The van der Waals surface area contributed by atoms with E-state index in [-0.39, 0.29) is 5.41 Å². The Labute approximate surface area is 115 Å². The summed E-state index contributed by atoms with van der Waals surface area (Å²) in [5.41, 5.74) is 12.9. The van der Waals surface area contributed by atoms with E-state index in [9.17, 15) is 0 Å². The van der Waals surface area contributed by atoms with Crippen LogP contribution in [0.3, 0.4) is 0 Å². The average molecular weight is 260 g/mol. The summed E-state index contributed by atoms with van der Waals surface area (Å²) in [5.74, 6) is 1.62. The standard InChI is InChI=1S/C16H24N2O/c17-14-11-12-7-9-16(14,15(12)18)8-4-10-19-13-5-2-1-3-6-13/h1-3,5-6,12,14-15H,4,7-11,17-18H2. The van der Waals surface area contributed by atoms with Crippen molar-refractivity contribution in [1.82, 2.24) is 0 Å². The Balaban J connectivity index is 1.50. The highest BCUT2D eigenvalue weighted by atomic mass is 16.5. The van der Waals surface area contributed by atoms with E-state index < -0.39 is 0 Å². The molecule has 4 N–H and O–H groups in total. The summed E-state index contributed by atoms with van der Waals surface area (Å²) >= 11 is 0. The lowest BCUT2D eigenvalue weighted by atomic mass is 9.75. The first-order chi connectivity index (χ1) is 9.22. The minimum Gasteiger partial charge on any atom is -0.494 e. The minimum atomic E-state index is 0.199. The molecule has 0 spiro atoms. The largest absolute Gasteiger partial charge is 0.494 e. The number of hydrogen-bond acceptors (Lipinski definition) is 3. The van der Waals surface area contributed by atoms with Gasteiger partial charge in [-0.25, -0.2) is 0 Å². The van der Waals surface area contributed by atoms with Gasteiger partial charge in [0.15, 0.2) is 0 Å². The van der Waals surface area contributed by atoms with E-state index in [1.807, 2.05) is 30.3 Å². The zero-order valence-corrected chi connectivity index (χ0v) is 11.4. The summed E-state index contributed by atoms with van der Waals surface area (Å²) in [6.07, 6.45) is 5.77. The normalized spacial score (nSPS) is 36.6. The molecule has 0 aromatic heterocycles. The van der Waals surface area contributed by atoms with Gasteiger partial charge in [-0.1, -0.05) is 18.2 Å². The van der Waals surface area contributed by atoms with Crippen molar-refractivity contribution >= 4 is 0 Å². The van der Waals surface area contributed by atoms with Gasteiger partial charge in [0.1, 0.15) is 5.75 Å². The van der Waals surface area contributed by atoms with E-state index in [0.717, 1.165) is 31.6 Å². The molecule has 1 aromatic carbocycles. The number of para-hydroxylation sites is 1. The minimum absolute atomic E-state index is 0.199. The molecule has 2 aliphatic rings. The maximum atomic E-state index is 6.38. The van der Waals surface area contributed by atoms with Gasteiger partial charge in [0.2, 0.25) is 0 Å². The zero-order chi connectivity index (χ0) is 13.3. The van der Waals surface area contributed by atoms with E-state index in [1.165, 1.54) is 12.8 Å². The highest BCUT2D eigenvalue weighted by Crippen LogP contribution is 2.54. The van der Waals surface area contributed by atoms with Crippen LogP contribution in [0.2, 0.25) is 0 Å². The second kappa shape index (κ2) is 5.14. The van der Waals surface area contributed by atoms with Gasteiger partial charge in [-0.2, -0.15) is 0 Å². The van der Waals surface area contributed by atoms with E-state index in [4.69, 9.17) is 16.2 Å². The fourth-order valence-electron chi connectivity index (χ4n) is 4.11. The van der Waals surface area contributed by atoms with Crippen molar-refractivity contribution < 1.29 is 4.74 Å². The number of nitrogens with two attached hydrogens (primary N) is 2. The molecule has 2 aliphatic carbocycles. The molecule has 3 nitrogen and oxygen atoms in total. The summed E-state index contributed by atoms with van der Waals surface area (Å²) < 4.78 is 5.76. The highest BCUT2D eigenvalue weighted by Gasteiger charge is 2.55. The fourth-order valence-corrected chi connectivity index (χ4v) is 4.11. The van der Waals surface area contributed by atoms with Gasteiger partial charge in [-0.05, 0) is 50.2 Å². The Bertz CT molecular complexity index is 422. The Hall–Kier alpha value is -1.06. The predicted octanol–water partition coefficient (Wildman–Crippen LogP) is 2.30. The van der Waals surface area contributed by atoms with Crippen LogP contribution in [0.5, 0.6) is 5.75 Å². The molecular weight excluding hydrogens is 236 g/mol. The molecule has 3 rings (SSSR count). The lowest BCUT2D eigenvalue weighted by Crippen LogP contribution is -2.45. The van der Waals surface area contributed by atoms with Gasteiger partial charge in [0.05, 0.1) is 6.61 Å². The topological polar surface area (TPSA) is 61.3 Å². The van der Waals surface area contributed by atoms with E-state index in [1.54, 1.807) is 0 Å². The predicted molar refractivity (Wildman–Crippen MR) is 76.9 cm³/mol. The molecule has 3 heteroatoms. The molecule has 4 atom stereocenters. The summed E-state index contributed by atoms with van der Waals surface area (Å²) in [7, 11) is 0. The van der Waals surface area contributed by atoms with Crippen molar-refractivity contribution in [2.24, 2.45) is 22.8 Å². The molecule has 0 saturated heterocycles. The van der Waals surface area contributed by atoms with Crippen LogP contribution < -0.4 is 16.2 Å². The third-order valence-corrected chi connectivity index (χ3v) is 5.25. The number of hydrogen-bond donors (Lipinski definition) is 2. The molecule has 2 fully saturated rings. The van der Waals surface area contributed by atoms with E-state index >= 15 is 0 Å². The molecule has 19 heavy (non-hydrogen) atoms. The van der Waals surface area contributed by atoms with Gasteiger partial charge in [-0.15, -0.1) is 0 Å². The van der Waals surface area contributed by atoms with Crippen LogP contribution in [-0.4, -0.2) is 18.7 Å². The highest BCUT2D eigenvalue weighted by molar-refractivity contribution is 5.20. The summed E-state index contributed by atoms with van der Waals surface area (Å²) in [4.78, 5) is 0. The molecule has 2 bridgehead atoms. The van der Waals surface area contributed by atoms with E-state index in [2.05, 4.69) is 0 Å². The lowest BCUT2D eigenvalue weighted by Gasteiger charge is -2.35. The van der Waals surface area contributed by atoms with Crippen molar-refractivity contribution in [1.29, 1.82) is 0 Å². The number of benzene rings is 1. The second-order valence-electron chi connectivity index (χ2n) is 6.16. The van der Waals surface area contributed by atoms with Crippen LogP contribution in [0.25, 0.3) is 0 Å². The summed E-state index contributed by atoms with van der Waals surface area (Å²) in [6, 6.07) is 10.6. The van der Waals surface area contributed by atoms with Crippen molar-refractivity contribution in [3.8, 4) is 5.75 Å². The maximum absolute atomic E-state index is 6.38. The van der Waals surface area contributed by atoms with E-state index in [0.29, 0.717) is 18.0 Å². The number of rotatable bonds is 5. The van der Waals surface area contributed by atoms with Crippen molar-refractivity contribution in [2.75, 3.05) is 6.61 Å². The first-order valence-corrected chi connectivity index (χ1v) is 7.41. The second-order valence-corrected chi connectivity index (χ2v) is 6.16. The van der Waals surface area contributed by atoms with Gasteiger partial charge < -0.3 is 16.2 Å². The average Bonchev–Trinajstić information content (AvgIpc) is 2.86. The van der Waals surface area contributed by atoms with Crippen LogP contribution in [0.4, 0.5) is 0 Å². The van der Waals surface area contributed by atoms with Crippen LogP contribution >= 0.6 is 0 Å². The maximum Gasteiger partial charge on any atom is 0.119 e. The summed E-state index contributed by atoms with van der Waals surface area (Å²) in [6.45, 7) is 0.760. The zero-order valence-electron chi connectivity index (χ0n) is 11.4. The van der Waals surface area contributed by atoms with Crippen LogP contribution in [0.1, 0.15) is 32.1 Å². The van der Waals surface area contributed by atoms with Gasteiger partial charge >= 0.3 is 0 Å². The lowest BCUT2D eigenvalue weighted by molar-refractivity contribution is 0.187. The summed E-state index contributed by atoms with van der Waals surface area (Å²) in [5, 5.41) is 0. The quantitative estimate of drug-likeness (QED) is 0.799. The SMILES string of the molecule is NC1CC2CCC1(CCCOc1ccccc1)C2N. The molecule has 104 valence electrons. The fraction of sp³-hybridized carbons (Fsp3) is 0.625. The first kappa shape index (κ1) is 12.9. The molecule has 4 unspecified atom stereocenters. The molecule has 0 radical (unpaired) electrons. The Morgan fingerprint density at radius 3 is 2.63 bits per heavy atom. The molecule has 0 amide bonds. The van der Waals surface area contributed by atoms with Crippen LogP contribution in [-0.2, 0) is 0 Å². The third kappa shape index (κ3) is 2.26. The van der Waals surface area contributed by atoms with Gasteiger partial charge in [0, 0.05) is 17.5 Å². The Morgan fingerprint density at radius 1 is 1.21 bits per heavy atom.